The van der Waals surface area contributed by atoms with E-state index in [0.717, 1.165) is 6.20 Å². The molecule has 1 heterocycles. The van der Waals surface area contributed by atoms with Gasteiger partial charge in [-0.25, -0.2) is 9.18 Å². The molecule has 0 unspecified atom stereocenters. The van der Waals surface area contributed by atoms with Crippen LogP contribution >= 0.6 is 11.6 Å². The van der Waals surface area contributed by atoms with E-state index in [-0.39, 0.29) is 16.8 Å². The Morgan fingerprint density at radius 2 is 2.05 bits per heavy atom. The summed E-state index contributed by atoms with van der Waals surface area (Å²) < 4.78 is 18.1. The van der Waals surface area contributed by atoms with E-state index >= 15 is 0 Å². The monoisotopic (exact) mass is 308 g/mol. The average Bonchev–Trinajstić information content (AvgIpc) is 2.47. The third-order valence-electron chi connectivity index (χ3n) is 2.65. The Bertz CT molecular complexity index is 706. The number of esters is 1. The first-order valence-corrected chi connectivity index (χ1v) is 6.19. The Balaban J connectivity index is 2.35. The Labute approximate surface area is 124 Å². The fourth-order valence-electron chi connectivity index (χ4n) is 1.66. The molecule has 1 amide bonds. The van der Waals surface area contributed by atoms with E-state index in [0.29, 0.717) is 5.02 Å². The second-order valence-electron chi connectivity index (χ2n) is 3.99. The summed E-state index contributed by atoms with van der Waals surface area (Å²) >= 11 is 5.84. The summed E-state index contributed by atoms with van der Waals surface area (Å²) in [6, 6.07) is 5.50. The largest absolute Gasteiger partial charge is 0.465 e. The number of methoxy groups -OCH3 is 1. The van der Waals surface area contributed by atoms with Crippen LogP contribution in [0.1, 0.15) is 20.7 Å². The van der Waals surface area contributed by atoms with Crippen LogP contribution in [0.4, 0.5) is 10.1 Å². The molecule has 0 saturated heterocycles. The van der Waals surface area contributed by atoms with Crippen LogP contribution < -0.4 is 5.32 Å². The number of nitrogens with one attached hydrogen (secondary N) is 1. The van der Waals surface area contributed by atoms with Gasteiger partial charge in [-0.05, 0) is 24.3 Å². The fourth-order valence-corrected chi connectivity index (χ4v) is 1.83. The Morgan fingerprint density at radius 1 is 1.29 bits per heavy atom. The van der Waals surface area contributed by atoms with Crippen molar-refractivity contribution in [1.29, 1.82) is 0 Å². The molecule has 7 heteroatoms. The average molecular weight is 309 g/mol. The summed E-state index contributed by atoms with van der Waals surface area (Å²) in [6.07, 6.45) is 2.21. The normalized spacial score (nSPS) is 10.0. The molecule has 0 bridgehead atoms. The van der Waals surface area contributed by atoms with Gasteiger partial charge in [0.1, 0.15) is 0 Å². The molecule has 1 N–H and O–H groups in total. The molecular formula is C14H10ClFN2O3. The molecule has 1 aromatic carbocycles. The van der Waals surface area contributed by atoms with Gasteiger partial charge in [-0.3, -0.25) is 9.78 Å². The molecule has 108 valence electrons. The van der Waals surface area contributed by atoms with Gasteiger partial charge in [-0.2, -0.15) is 0 Å². The van der Waals surface area contributed by atoms with E-state index in [1.165, 1.54) is 37.6 Å². The highest BCUT2D eigenvalue weighted by Gasteiger charge is 2.17. The van der Waals surface area contributed by atoms with Crippen LogP contribution in [-0.4, -0.2) is 24.0 Å². The van der Waals surface area contributed by atoms with Crippen molar-refractivity contribution in [2.75, 3.05) is 12.4 Å². The lowest BCUT2D eigenvalue weighted by atomic mass is 10.1. The molecule has 2 aromatic rings. The number of carbonyl (C=O) groups is 2. The van der Waals surface area contributed by atoms with Crippen molar-refractivity contribution in [1.82, 2.24) is 4.98 Å². The first-order valence-electron chi connectivity index (χ1n) is 5.81. The van der Waals surface area contributed by atoms with Crippen molar-refractivity contribution in [2.45, 2.75) is 0 Å². The third kappa shape index (κ3) is 3.35. The van der Waals surface area contributed by atoms with E-state index in [1.807, 2.05) is 0 Å². The SMILES string of the molecule is COC(=O)c1ccc(Cl)cc1NC(=O)c1ccncc1F. The second-order valence-corrected chi connectivity index (χ2v) is 4.43. The number of halogens is 2. The molecule has 2 rings (SSSR count). The third-order valence-corrected chi connectivity index (χ3v) is 2.89. The van der Waals surface area contributed by atoms with E-state index < -0.39 is 17.7 Å². The molecule has 0 aliphatic rings. The number of pyridine rings is 1. The highest BCUT2D eigenvalue weighted by Crippen LogP contribution is 2.22. The van der Waals surface area contributed by atoms with Gasteiger partial charge < -0.3 is 10.1 Å². The molecule has 0 aliphatic heterocycles. The van der Waals surface area contributed by atoms with Crippen molar-refractivity contribution < 1.29 is 18.7 Å². The van der Waals surface area contributed by atoms with Gasteiger partial charge in [0.25, 0.3) is 5.91 Å². The Kier molecular flexibility index (Phi) is 4.49. The number of aromatic nitrogens is 1. The number of carbonyl (C=O) groups excluding carboxylic acids is 2. The summed E-state index contributed by atoms with van der Waals surface area (Å²) in [6.45, 7) is 0. The van der Waals surface area contributed by atoms with Crippen LogP contribution in [0.15, 0.2) is 36.7 Å². The first-order chi connectivity index (χ1) is 10.0. The standard InChI is InChI=1S/C14H10ClFN2O3/c1-21-14(20)10-3-2-8(15)6-12(10)18-13(19)9-4-5-17-7-11(9)16/h2-7H,1H3,(H,18,19). The number of ether oxygens (including phenoxy) is 1. The van der Waals surface area contributed by atoms with Crippen LogP contribution in [0.25, 0.3) is 0 Å². The van der Waals surface area contributed by atoms with Crippen LogP contribution in [0.5, 0.6) is 0 Å². The smallest absolute Gasteiger partial charge is 0.339 e. The molecule has 0 atom stereocenters. The predicted molar refractivity (Wildman–Crippen MR) is 74.9 cm³/mol. The van der Waals surface area contributed by atoms with E-state index in [4.69, 9.17) is 11.6 Å². The van der Waals surface area contributed by atoms with Crippen LogP contribution in [0.2, 0.25) is 5.02 Å². The second kappa shape index (κ2) is 6.32. The lowest BCUT2D eigenvalue weighted by Crippen LogP contribution is -2.16. The number of amides is 1. The van der Waals surface area contributed by atoms with Crippen molar-refractivity contribution in [3.8, 4) is 0 Å². The molecule has 0 radical (unpaired) electrons. The quantitative estimate of drug-likeness (QED) is 0.885. The highest BCUT2D eigenvalue weighted by atomic mass is 35.5. The maximum absolute atomic E-state index is 13.5. The molecule has 0 fully saturated rings. The lowest BCUT2D eigenvalue weighted by Gasteiger charge is -2.10. The highest BCUT2D eigenvalue weighted by molar-refractivity contribution is 6.31. The van der Waals surface area contributed by atoms with E-state index in [1.54, 1.807) is 0 Å². The molecule has 1 aromatic heterocycles. The topological polar surface area (TPSA) is 68.3 Å². The number of anilines is 1. The van der Waals surface area contributed by atoms with Crippen LogP contribution in [0.3, 0.4) is 0 Å². The van der Waals surface area contributed by atoms with Crippen molar-refractivity contribution >= 4 is 29.2 Å². The molecule has 21 heavy (non-hydrogen) atoms. The minimum absolute atomic E-state index is 0.115. The number of rotatable bonds is 3. The van der Waals surface area contributed by atoms with E-state index in [9.17, 15) is 14.0 Å². The summed E-state index contributed by atoms with van der Waals surface area (Å²) in [5.41, 5.74) is 0.0565. The number of hydrogen-bond acceptors (Lipinski definition) is 4. The lowest BCUT2D eigenvalue weighted by molar-refractivity contribution is 0.0602. The minimum atomic E-state index is -0.767. The summed E-state index contributed by atoms with van der Waals surface area (Å²) in [4.78, 5) is 27.2. The minimum Gasteiger partial charge on any atom is -0.465 e. The van der Waals surface area contributed by atoms with Gasteiger partial charge in [-0.1, -0.05) is 11.6 Å². The summed E-state index contributed by atoms with van der Waals surface area (Å²) in [5, 5.41) is 2.74. The van der Waals surface area contributed by atoms with Gasteiger partial charge >= 0.3 is 5.97 Å². The number of hydrogen-bond donors (Lipinski definition) is 1. The van der Waals surface area contributed by atoms with E-state index in [2.05, 4.69) is 15.0 Å². The Hall–Kier alpha value is -2.47. The van der Waals surface area contributed by atoms with Crippen molar-refractivity contribution in [2.24, 2.45) is 0 Å². The molecule has 0 saturated carbocycles. The van der Waals surface area contributed by atoms with Crippen LogP contribution in [-0.2, 0) is 4.74 Å². The van der Waals surface area contributed by atoms with Gasteiger partial charge in [0.15, 0.2) is 5.82 Å². The zero-order chi connectivity index (χ0) is 15.4. The number of benzene rings is 1. The summed E-state index contributed by atoms with van der Waals surface area (Å²) in [5.74, 6) is -2.13. The fraction of sp³-hybridized carbons (Fsp3) is 0.0714. The predicted octanol–water partition coefficient (Wildman–Crippen LogP) is 2.91. The van der Waals surface area contributed by atoms with Crippen molar-refractivity contribution in [3.05, 3.63) is 58.6 Å². The molecular weight excluding hydrogens is 299 g/mol. The zero-order valence-electron chi connectivity index (χ0n) is 10.9. The van der Waals surface area contributed by atoms with Crippen molar-refractivity contribution in [3.63, 3.8) is 0 Å². The molecule has 0 spiro atoms. The first kappa shape index (κ1) is 14.9. The maximum Gasteiger partial charge on any atom is 0.339 e. The molecule has 5 nitrogen and oxygen atoms in total. The Morgan fingerprint density at radius 3 is 2.71 bits per heavy atom. The number of nitrogens with zero attached hydrogens (tertiary/aromatic N) is 1. The zero-order valence-corrected chi connectivity index (χ0v) is 11.6. The molecule has 0 aliphatic carbocycles. The van der Waals surface area contributed by atoms with Gasteiger partial charge in [0.05, 0.1) is 30.1 Å². The van der Waals surface area contributed by atoms with Gasteiger partial charge in [0, 0.05) is 11.2 Å². The van der Waals surface area contributed by atoms with Crippen LogP contribution in [0, 0.1) is 5.82 Å². The van der Waals surface area contributed by atoms with Gasteiger partial charge in [0.2, 0.25) is 0 Å². The summed E-state index contributed by atoms with van der Waals surface area (Å²) in [7, 11) is 1.21. The maximum atomic E-state index is 13.5. The van der Waals surface area contributed by atoms with Gasteiger partial charge in [-0.15, -0.1) is 0 Å².